The Morgan fingerprint density at radius 3 is 3.18 bits per heavy atom. The highest BCUT2D eigenvalue weighted by atomic mass is 32.1. The van der Waals surface area contributed by atoms with Gasteiger partial charge in [-0.05, 0) is 36.9 Å². The maximum Gasteiger partial charge on any atom is 0.0328 e. The van der Waals surface area contributed by atoms with Crippen molar-refractivity contribution in [2.24, 2.45) is 5.92 Å². The van der Waals surface area contributed by atoms with E-state index in [-0.39, 0.29) is 0 Å². The van der Waals surface area contributed by atoms with Gasteiger partial charge in [-0.25, -0.2) is 0 Å². The summed E-state index contributed by atoms with van der Waals surface area (Å²) in [5, 5.41) is 5.88. The predicted molar refractivity (Wildman–Crippen MR) is 75.5 cm³/mol. The molecule has 0 radical (unpaired) electrons. The molecule has 1 aromatic rings. The summed E-state index contributed by atoms with van der Waals surface area (Å²) in [7, 11) is 0. The Balaban J connectivity index is 1.92. The van der Waals surface area contributed by atoms with Crippen LogP contribution in [0.2, 0.25) is 0 Å². The molecule has 2 unspecified atom stereocenters. The fourth-order valence-corrected chi connectivity index (χ4v) is 3.20. The highest BCUT2D eigenvalue weighted by Gasteiger charge is 2.21. The van der Waals surface area contributed by atoms with Crippen molar-refractivity contribution in [3.8, 4) is 0 Å². The Bertz CT molecular complexity index is 310. The van der Waals surface area contributed by atoms with Crippen LogP contribution in [0.15, 0.2) is 17.5 Å². The number of hydrogen-bond acceptors (Lipinski definition) is 3. The minimum atomic E-state index is 0.669. The minimum Gasteiger partial charge on any atom is -0.312 e. The number of hydrogen-bond donors (Lipinski definition) is 1. The second-order valence-electron chi connectivity index (χ2n) is 5.11. The van der Waals surface area contributed by atoms with Gasteiger partial charge in [-0.2, -0.15) is 0 Å². The highest BCUT2D eigenvalue weighted by Crippen LogP contribution is 2.16. The summed E-state index contributed by atoms with van der Waals surface area (Å²) in [6.45, 7) is 9.40. The lowest BCUT2D eigenvalue weighted by atomic mass is 9.99. The van der Waals surface area contributed by atoms with Crippen molar-refractivity contribution >= 4 is 11.3 Å². The van der Waals surface area contributed by atoms with Crippen LogP contribution in [0, 0.1) is 5.92 Å². The smallest absolute Gasteiger partial charge is 0.0328 e. The van der Waals surface area contributed by atoms with Gasteiger partial charge >= 0.3 is 0 Å². The Morgan fingerprint density at radius 2 is 2.47 bits per heavy atom. The van der Waals surface area contributed by atoms with E-state index in [2.05, 4.69) is 41.6 Å². The molecule has 1 aliphatic heterocycles. The summed E-state index contributed by atoms with van der Waals surface area (Å²) in [6.07, 6.45) is 2.54. The third-order valence-corrected chi connectivity index (χ3v) is 4.66. The average Bonchev–Trinajstić information content (AvgIpc) is 2.73. The Labute approximate surface area is 109 Å². The summed E-state index contributed by atoms with van der Waals surface area (Å²) in [4.78, 5) is 4.11. The molecule has 0 bridgehead atoms. The molecule has 1 aliphatic rings. The first-order chi connectivity index (χ1) is 8.29. The summed E-state index contributed by atoms with van der Waals surface area (Å²) >= 11 is 1.88. The van der Waals surface area contributed by atoms with E-state index >= 15 is 0 Å². The fourth-order valence-electron chi connectivity index (χ4n) is 2.46. The van der Waals surface area contributed by atoms with Crippen molar-refractivity contribution in [2.75, 3.05) is 19.6 Å². The van der Waals surface area contributed by atoms with Crippen LogP contribution in [-0.2, 0) is 6.54 Å². The zero-order chi connectivity index (χ0) is 12.1. The molecular formula is C14H24N2S. The Hall–Kier alpha value is -0.380. The van der Waals surface area contributed by atoms with E-state index < -0.39 is 0 Å². The molecule has 2 rings (SSSR count). The maximum absolute atomic E-state index is 3.70. The quantitative estimate of drug-likeness (QED) is 0.886. The standard InChI is InChI=1S/C14H24N2S/c1-3-12(2)14-11-16(8-5-7-15-14)10-13-6-4-9-17-13/h4,6,9,12,14-15H,3,5,7-8,10-11H2,1-2H3. The Morgan fingerprint density at radius 1 is 1.59 bits per heavy atom. The first kappa shape index (κ1) is 13.1. The zero-order valence-corrected chi connectivity index (χ0v) is 11.8. The van der Waals surface area contributed by atoms with E-state index in [0.29, 0.717) is 6.04 Å². The van der Waals surface area contributed by atoms with Crippen LogP contribution in [0.4, 0.5) is 0 Å². The molecule has 0 aliphatic carbocycles. The normalized spacial score (nSPS) is 24.5. The number of nitrogens with one attached hydrogen (secondary N) is 1. The van der Waals surface area contributed by atoms with Crippen LogP contribution in [0.5, 0.6) is 0 Å². The van der Waals surface area contributed by atoms with Crippen molar-refractivity contribution in [3.63, 3.8) is 0 Å². The summed E-state index contributed by atoms with van der Waals surface area (Å²) in [6, 6.07) is 5.08. The highest BCUT2D eigenvalue weighted by molar-refractivity contribution is 7.09. The first-order valence-corrected chi connectivity index (χ1v) is 7.65. The minimum absolute atomic E-state index is 0.669. The number of nitrogens with zero attached hydrogens (tertiary/aromatic N) is 1. The molecule has 0 saturated carbocycles. The second-order valence-corrected chi connectivity index (χ2v) is 6.15. The summed E-state index contributed by atoms with van der Waals surface area (Å²) < 4.78 is 0. The summed E-state index contributed by atoms with van der Waals surface area (Å²) in [5.74, 6) is 0.777. The monoisotopic (exact) mass is 252 g/mol. The largest absolute Gasteiger partial charge is 0.312 e. The van der Waals surface area contributed by atoms with Crippen molar-refractivity contribution in [2.45, 2.75) is 39.3 Å². The molecule has 0 spiro atoms. The van der Waals surface area contributed by atoms with Crippen molar-refractivity contribution in [3.05, 3.63) is 22.4 Å². The van der Waals surface area contributed by atoms with Crippen LogP contribution in [-0.4, -0.2) is 30.6 Å². The Kier molecular flexibility index (Phi) is 5.01. The van der Waals surface area contributed by atoms with Crippen LogP contribution in [0.25, 0.3) is 0 Å². The van der Waals surface area contributed by atoms with Gasteiger partial charge in [-0.3, -0.25) is 4.90 Å². The molecule has 1 saturated heterocycles. The maximum atomic E-state index is 3.70. The van der Waals surface area contributed by atoms with Crippen molar-refractivity contribution < 1.29 is 0 Å². The topological polar surface area (TPSA) is 15.3 Å². The van der Waals surface area contributed by atoms with E-state index in [1.165, 1.54) is 37.4 Å². The summed E-state index contributed by atoms with van der Waals surface area (Å²) in [5.41, 5.74) is 0. The van der Waals surface area contributed by atoms with Crippen LogP contribution in [0.1, 0.15) is 31.6 Å². The fraction of sp³-hybridized carbons (Fsp3) is 0.714. The molecule has 0 amide bonds. The lowest BCUT2D eigenvalue weighted by molar-refractivity contribution is 0.233. The SMILES string of the molecule is CCC(C)C1CN(Cc2cccs2)CCCN1. The van der Waals surface area contributed by atoms with Gasteiger partial charge in [0.05, 0.1) is 0 Å². The lowest BCUT2D eigenvalue weighted by Gasteiger charge is -2.27. The average molecular weight is 252 g/mol. The molecule has 1 N–H and O–H groups in total. The van der Waals surface area contributed by atoms with Crippen molar-refractivity contribution in [1.29, 1.82) is 0 Å². The zero-order valence-electron chi connectivity index (χ0n) is 11.0. The molecule has 1 fully saturated rings. The molecule has 17 heavy (non-hydrogen) atoms. The predicted octanol–water partition coefficient (Wildman–Crippen LogP) is 2.96. The van der Waals surface area contributed by atoms with Crippen molar-refractivity contribution in [1.82, 2.24) is 10.2 Å². The third-order valence-electron chi connectivity index (χ3n) is 3.80. The van der Waals surface area contributed by atoms with Gasteiger partial charge in [0, 0.05) is 24.0 Å². The molecular weight excluding hydrogens is 228 g/mol. The van der Waals surface area contributed by atoms with Gasteiger partial charge in [0.1, 0.15) is 0 Å². The van der Waals surface area contributed by atoms with E-state index in [0.717, 1.165) is 12.5 Å². The van der Waals surface area contributed by atoms with Gasteiger partial charge in [0.25, 0.3) is 0 Å². The van der Waals surface area contributed by atoms with E-state index in [9.17, 15) is 0 Å². The third kappa shape index (κ3) is 3.80. The second kappa shape index (κ2) is 6.53. The van der Waals surface area contributed by atoms with Gasteiger partial charge in [0.2, 0.25) is 0 Å². The van der Waals surface area contributed by atoms with E-state index in [1.54, 1.807) is 0 Å². The van der Waals surface area contributed by atoms with Gasteiger partial charge in [-0.1, -0.05) is 26.3 Å². The van der Waals surface area contributed by atoms with E-state index in [1.807, 2.05) is 11.3 Å². The first-order valence-electron chi connectivity index (χ1n) is 6.77. The number of thiophene rings is 1. The molecule has 2 atom stereocenters. The van der Waals surface area contributed by atoms with Crippen LogP contribution < -0.4 is 5.32 Å². The van der Waals surface area contributed by atoms with Crippen LogP contribution >= 0.6 is 11.3 Å². The van der Waals surface area contributed by atoms with Gasteiger partial charge in [-0.15, -0.1) is 11.3 Å². The van der Waals surface area contributed by atoms with Gasteiger partial charge < -0.3 is 5.32 Å². The molecule has 96 valence electrons. The van der Waals surface area contributed by atoms with Crippen LogP contribution in [0.3, 0.4) is 0 Å². The molecule has 2 nitrogen and oxygen atoms in total. The van der Waals surface area contributed by atoms with E-state index in [4.69, 9.17) is 0 Å². The lowest BCUT2D eigenvalue weighted by Crippen LogP contribution is -2.41. The molecule has 3 heteroatoms. The molecule has 1 aromatic heterocycles. The molecule has 2 heterocycles. The van der Waals surface area contributed by atoms with Gasteiger partial charge in [0.15, 0.2) is 0 Å². The molecule has 0 aromatic carbocycles. The number of rotatable bonds is 4.